The molecule has 16 heavy (non-hydrogen) atoms. The van der Waals surface area contributed by atoms with Crippen LogP contribution in [0, 0.1) is 0 Å². The summed E-state index contributed by atoms with van der Waals surface area (Å²) < 4.78 is 1.03. The summed E-state index contributed by atoms with van der Waals surface area (Å²) in [5, 5.41) is 3.49. The third kappa shape index (κ3) is 5.58. The second-order valence-corrected chi connectivity index (χ2v) is 5.30. The zero-order valence-corrected chi connectivity index (χ0v) is 11.8. The Morgan fingerprint density at radius 2 is 2.19 bits per heavy atom. The molecule has 3 nitrogen and oxygen atoms in total. The molecule has 1 N–H and O–H groups in total. The SMILES string of the molecule is CC(CCN(C)C)NCc1cncc(Br)c1. The van der Waals surface area contributed by atoms with Crippen molar-refractivity contribution in [2.24, 2.45) is 0 Å². The van der Waals surface area contributed by atoms with E-state index in [-0.39, 0.29) is 0 Å². The van der Waals surface area contributed by atoms with Crippen LogP contribution in [-0.4, -0.2) is 36.6 Å². The van der Waals surface area contributed by atoms with Crippen LogP contribution in [0.5, 0.6) is 0 Å². The maximum Gasteiger partial charge on any atom is 0.0410 e. The van der Waals surface area contributed by atoms with Gasteiger partial charge in [-0.2, -0.15) is 0 Å². The number of hydrogen-bond acceptors (Lipinski definition) is 3. The van der Waals surface area contributed by atoms with E-state index in [1.807, 2.05) is 6.20 Å². The lowest BCUT2D eigenvalue weighted by Crippen LogP contribution is -2.29. The lowest BCUT2D eigenvalue weighted by Gasteiger charge is -2.16. The number of aromatic nitrogens is 1. The van der Waals surface area contributed by atoms with Crippen molar-refractivity contribution in [3.8, 4) is 0 Å². The molecule has 0 saturated heterocycles. The Labute approximate surface area is 106 Å². The van der Waals surface area contributed by atoms with Gasteiger partial charge in [-0.1, -0.05) is 0 Å². The molecule has 90 valence electrons. The zero-order chi connectivity index (χ0) is 12.0. The maximum absolute atomic E-state index is 4.14. The minimum atomic E-state index is 0.529. The van der Waals surface area contributed by atoms with Crippen LogP contribution >= 0.6 is 15.9 Å². The molecule has 0 aliphatic heterocycles. The highest BCUT2D eigenvalue weighted by Gasteiger charge is 2.02. The van der Waals surface area contributed by atoms with Gasteiger partial charge in [0.15, 0.2) is 0 Å². The molecule has 0 aromatic carbocycles. The summed E-state index contributed by atoms with van der Waals surface area (Å²) in [6, 6.07) is 2.62. The van der Waals surface area contributed by atoms with E-state index >= 15 is 0 Å². The first kappa shape index (κ1) is 13.6. The minimum Gasteiger partial charge on any atom is -0.310 e. The Bertz CT molecular complexity index is 315. The summed E-state index contributed by atoms with van der Waals surface area (Å²) >= 11 is 3.42. The fraction of sp³-hybridized carbons (Fsp3) is 0.583. The Kier molecular flexibility index (Phi) is 5.95. The summed E-state index contributed by atoms with van der Waals surface area (Å²) in [7, 11) is 4.20. The first-order valence-corrected chi connectivity index (χ1v) is 6.35. The predicted molar refractivity (Wildman–Crippen MR) is 71.4 cm³/mol. The highest BCUT2D eigenvalue weighted by molar-refractivity contribution is 9.10. The van der Waals surface area contributed by atoms with Crippen LogP contribution in [0.3, 0.4) is 0 Å². The Hall–Kier alpha value is -0.450. The standard InChI is InChI=1S/C12H20BrN3/c1-10(4-5-16(2)3)15-8-11-6-12(13)9-14-7-11/h6-7,9-10,15H,4-5,8H2,1-3H3. The van der Waals surface area contributed by atoms with Gasteiger partial charge in [-0.25, -0.2) is 0 Å². The molecule has 1 heterocycles. The molecular weight excluding hydrogens is 266 g/mol. The van der Waals surface area contributed by atoms with Crippen molar-refractivity contribution in [1.82, 2.24) is 15.2 Å². The normalized spacial score (nSPS) is 13.1. The molecule has 1 aromatic rings. The van der Waals surface area contributed by atoms with E-state index in [9.17, 15) is 0 Å². The van der Waals surface area contributed by atoms with Gasteiger partial charge >= 0.3 is 0 Å². The van der Waals surface area contributed by atoms with Gasteiger partial charge in [0.2, 0.25) is 0 Å². The molecule has 1 rings (SSSR count). The van der Waals surface area contributed by atoms with Gasteiger partial charge in [-0.3, -0.25) is 4.98 Å². The molecule has 0 bridgehead atoms. The first-order chi connectivity index (χ1) is 7.58. The van der Waals surface area contributed by atoms with Crippen molar-refractivity contribution in [2.75, 3.05) is 20.6 Å². The quantitative estimate of drug-likeness (QED) is 0.869. The largest absolute Gasteiger partial charge is 0.310 e. The van der Waals surface area contributed by atoms with Crippen LogP contribution in [0.25, 0.3) is 0 Å². The van der Waals surface area contributed by atoms with E-state index < -0.39 is 0 Å². The number of pyridine rings is 1. The van der Waals surface area contributed by atoms with Gasteiger partial charge in [-0.15, -0.1) is 0 Å². The second kappa shape index (κ2) is 6.99. The van der Waals surface area contributed by atoms with Gasteiger partial charge in [0.1, 0.15) is 0 Å². The van der Waals surface area contributed by atoms with Crippen LogP contribution in [0.1, 0.15) is 18.9 Å². The van der Waals surface area contributed by atoms with E-state index in [1.165, 1.54) is 5.56 Å². The van der Waals surface area contributed by atoms with E-state index in [4.69, 9.17) is 0 Å². The van der Waals surface area contributed by atoms with Crippen molar-refractivity contribution in [1.29, 1.82) is 0 Å². The van der Waals surface area contributed by atoms with Crippen molar-refractivity contribution in [3.05, 3.63) is 28.5 Å². The lowest BCUT2D eigenvalue weighted by atomic mass is 10.2. The van der Waals surface area contributed by atoms with Crippen LogP contribution < -0.4 is 5.32 Å². The molecule has 0 saturated carbocycles. The third-order valence-electron chi connectivity index (χ3n) is 2.43. The molecule has 0 aliphatic rings. The molecule has 0 aliphatic carbocycles. The van der Waals surface area contributed by atoms with Crippen LogP contribution in [-0.2, 0) is 6.54 Å². The van der Waals surface area contributed by atoms with Gasteiger partial charge in [0.05, 0.1) is 0 Å². The molecule has 0 fully saturated rings. The topological polar surface area (TPSA) is 28.2 Å². The third-order valence-corrected chi connectivity index (χ3v) is 2.86. The number of nitrogens with one attached hydrogen (secondary N) is 1. The average Bonchev–Trinajstić information content (AvgIpc) is 2.23. The molecule has 0 radical (unpaired) electrons. The van der Waals surface area contributed by atoms with Crippen LogP contribution in [0.4, 0.5) is 0 Å². The summed E-state index contributed by atoms with van der Waals surface area (Å²) in [5.74, 6) is 0. The van der Waals surface area contributed by atoms with E-state index in [1.54, 1.807) is 6.20 Å². The average molecular weight is 286 g/mol. The van der Waals surface area contributed by atoms with Gasteiger partial charge in [-0.05, 0) is 61.5 Å². The van der Waals surface area contributed by atoms with Crippen LogP contribution in [0.2, 0.25) is 0 Å². The number of halogens is 1. The highest BCUT2D eigenvalue weighted by Crippen LogP contribution is 2.09. The highest BCUT2D eigenvalue weighted by atomic mass is 79.9. The number of hydrogen-bond donors (Lipinski definition) is 1. The van der Waals surface area contributed by atoms with Crippen molar-refractivity contribution in [2.45, 2.75) is 25.9 Å². The summed E-state index contributed by atoms with van der Waals surface area (Å²) in [4.78, 5) is 6.35. The van der Waals surface area contributed by atoms with Crippen molar-refractivity contribution in [3.63, 3.8) is 0 Å². The van der Waals surface area contributed by atoms with Gasteiger partial charge in [0, 0.05) is 29.5 Å². The maximum atomic E-state index is 4.14. The van der Waals surface area contributed by atoms with Gasteiger partial charge < -0.3 is 10.2 Å². The molecule has 4 heteroatoms. The van der Waals surface area contributed by atoms with Crippen molar-refractivity contribution >= 4 is 15.9 Å². The molecular formula is C12H20BrN3. The molecule has 0 amide bonds. The van der Waals surface area contributed by atoms with Crippen LogP contribution in [0.15, 0.2) is 22.9 Å². The second-order valence-electron chi connectivity index (χ2n) is 4.39. The van der Waals surface area contributed by atoms with Crippen molar-refractivity contribution < 1.29 is 0 Å². The zero-order valence-electron chi connectivity index (χ0n) is 10.2. The number of nitrogens with zero attached hydrogens (tertiary/aromatic N) is 2. The summed E-state index contributed by atoms with van der Waals surface area (Å²) in [5.41, 5.74) is 1.21. The van der Waals surface area contributed by atoms with E-state index in [0.29, 0.717) is 6.04 Å². The predicted octanol–water partition coefficient (Wildman–Crippen LogP) is 2.27. The smallest absolute Gasteiger partial charge is 0.0410 e. The molecule has 0 spiro atoms. The Balaban J connectivity index is 2.28. The molecule has 1 atom stereocenters. The Morgan fingerprint density at radius 1 is 1.44 bits per heavy atom. The van der Waals surface area contributed by atoms with E-state index in [0.717, 1.165) is 24.0 Å². The monoisotopic (exact) mass is 285 g/mol. The number of rotatable bonds is 6. The summed E-state index contributed by atoms with van der Waals surface area (Å²) in [6.07, 6.45) is 4.86. The van der Waals surface area contributed by atoms with E-state index in [2.05, 4.69) is 58.2 Å². The first-order valence-electron chi connectivity index (χ1n) is 5.55. The minimum absolute atomic E-state index is 0.529. The molecule has 1 unspecified atom stereocenters. The lowest BCUT2D eigenvalue weighted by molar-refractivity contribution is 0.365. The summed E-state index contributed by atoms with van der Waals surface area (Å²) in [6.45, 7) is 4.21. The Morgan fingerprint density at radius 3 is 2.81 bits per heavy atom. The fourth-order valence-electron chi connectivity index (χ4n) is 1.40. The van der Waals surface area contributed by atoms with Gasteiger partial charge in [0.25, 0.3) is 0 Å². The fourth-order valence-corrected chi connectivity index (χ4v) is 1.81. The molecule has 1 aromatic heterocycles.